The number of nitrogens with zero attached hydrogens (tertiary/aromatic N) is 1. The van der Waals surface area contributed by atoms with E-state index in [9.17, 15) is 0 Å². The second kappa shape index (κ2) is 4.53. The van der Waals surface area contributed by atoms with Gasteiger partial charge in [0.2, 0.25) is 0 Å². The molecule has 0 spiro atoms. The van der Waals surface area contributed by atoms with Crippen molar-refractivity contribution in [1.29, 1.82) is 0 Å². The Morgan fingerprint density at radius 3 is 2.56 bits per heavy atom. The predicted octanol–water partition coefficient (Wildman–Crippen LogP) is 3.53. The number of rotatable bonds is 2. The zero-order chi connectivity index (χ0) is 11.5. The minimum atomic E-state index is 0.615. The maximum atomic E-state index is 5.90. The Balaban J connectivity index is 2.35. The molecule has 0 aliphatic heterocycles. The summed E-state index contributed by atoms with van der Waals surface area (Å²) in [5, 5.41) is 0. The van der Waals surface area contributed by atoms with Crippen LogP contribution in [0, 0.1) is 6.92 Å². The van der Waals surface area contributed by atoms with E-state index in [1.165, 1.54) is 0 Å². The van der Waals surface area contributed by atoms with Crippen molar-refractivity contribution in [3.05, 3.63) is 46.7 Å². The first-order valence-electron chi connectivity index (χ1n) is 4.80. The lowest BCUT2D eigenvalue weighted by Gasteiger charge is -2.11. The van der Waals surface area contributed by atoms with Crippen LogP contribution in [0.15, 0.2) is 41.1 Å². The second-order valence-corrected chi connectivity index (χ2v) is 4.34. The Kier molecular flexibility index (Phi) is 3.10. The molecule has 0 bridgehead atoms. The first-order chi connectivity index (χ1) is 7.66. The van der Waals surface area contributed by atoms with Crippen LogP contribution in [-0.2, 0) is 0 Å². The van der Waals surface area contributed by atoms with Gasteiger partial charge in [-0.1, -0.05) is 15.9 Å². The standard InChI is InChI=1S/C12H11BrN2O/c1-8-6-9(13)7-11(14)12(8)16-10-2-4-15-5-3-10/h2-7H,14H2,1H3. The monoisotopic (exact) mass is 278 g/mol. The molecule has 1 aromatic heterocycles. The fraction of sp³-hybridized carbons (Fsp3) is 0.0833. The van der Waals surface area contributed by atoms with Crippen LogP contribution < -0.4 is 10.5 Å². The molecule has 2 N–H and O–H groups in total. The molecule has 0 aliphatic carbocycles. The van der Waals surface area contributed by atoms with Crippen LogP contribution in [0.1, 0.15) is 5.56 Å². The summed E-state index contributed by atoms with van der Waals surface area (Å²) in [6.45, 7) is 1.96. The van der Waals surface area contributed by atoms with Gasteiger partial charge in [-0.2, -0.15) is 0 Å². The summed E-state index contributed by atoms with van der Waals surface area (Å²) in [5.41, 5.74) is 7.50. The summed E-state index contributed by atoms with van der Waals surface area (Å²) in [5.74, 6) is 1.42. The lowest BCUT2D eigenvalue weighted by Crippen LogP contribution is -1.95. The van der Waals surface area contributed by atoms with Crippen LogP contribution in [0.2, 0.25) is 0 Å². The molecule has 0 amide bonds. The fourth-order valence-corrected chi connectivity index (χ4v) is 2.01. The normalized spacial score (nSPS) is 10.1. The van der Waals surface area contributed by atoms with Crippen molar-refractivity contribution in [1.82, 2.24) is 4.98 Å². The molecule has 0 aliphatic rings. The number of nitrogens with two attached hydrogens (primary N) is 1. The number of hydrogen-bond acceptors (Lipinski definition) is 3. The summed E-state index contributed by atoms with van der Waals surface area (Å²) >= 11 is 3.39. The fourth-order valence-electron chi connectivity index (χ4n) is 1.42. The quantitative estimate of drug-likeness (QED) is 0.855. The van der Waals surface area contributed by atoms with E-state index < -0.39 is 0 Å². The number of anilines is 1. The average Bonchev–Trinajstić information content (AvgIpc) is 2.25. The van der Waals surface area contributed by atoms with E-state index in [1.807, 2.05) is 19.1 Å². The third-order valence-electron chi connectivity index (χ3n) is 2.14. The Labute approximate surface area is 102 Å². The molecule has 0 saturated heterocycles. The maximum Gasteiger partial charge on any atom is 0.153 e. The minimum absolute atomic E-state index is 0.615. The molecule has 0 atom stereocenters. The summed E-state index contributed by atoms with van der Waals surface area (Å²) in [6, 6.07) is 7.37. The molecule has 1 heterocycles. The first-order valence-corrected chi connectivity index (χ1v) is 5.59. The van der Waals surface area contributed by atoms with Gasteiger partial charge in [0.25, 0.3) is 0 Å². The number of benzene rings is 1. The Morgan fingerprint density at radius 1 is 1.25 bits per heavy atom. The van der Waals surface area contributed by atoms with Gasteiger partial charge in [-0.15, -0.1) is 0 Å². The van der Waals surface area contributed by atoms with Crippen molar-refractivity contribution < 1.29 is 4.74 Å². The van der Waals surface area contributed by atoms with Gasteiger partial charge in [0.1, 0.15) is 5.75 Å². The van der Waals surface area contributed by atoms with Crippen LogP contribution >= 0.6 is 15.9 Å². The number of nitrogen functional groups attached to an aromatic ring is 1. The van der Waals surface area contributed by atoms with Crippen molar-refractivity contribution >= 4 is 21.6 Å². The SMILES string of the molecule is Cc1cc(Br)cc(N)c1Oc1ccncc1. The van der Waals surface area contributed by atoms with Gasteiger partial charge in [0.15, 0.2) is 5.75 Å². The van der Waals surface area contributed by atoms with Crippen LogP contribution in [0.5, 0.6) is 11.5 Å². The van der Waals surface area contributed by atoms with Crippen LogP contribution in [-0.4, -0.2) is 4.98 Å². The Morgan fingerprint density at radius 2 is 1.94 bits per heavy atom. The molecular formula is C12H11BrN2O. The van der Waals surface area contributed by atoms with Gasteiger partial charge < -0.3 is 10.5 Å². The van der Waals surface area contributed by atoms with Crippen LogP contribution in [0.4, 0.5) is 5.69 Å². The highest BCUT2D eigenvalue weighted by atomic mass is 79.9. The average molecular weight is 279 g/mol. The highest BCUT2D eigenvalue weighted by Crippen LogP contribution is 2.33. The van der Waals surface area contributed by atoms with E-state index in [0.29, 0.717) is 11.4 Å². The van der Waals surface area contributed by atoms with E-state index in [-0.39, 0.29) is 0 Å². The minimum Gasteiger partial charge on any atom is -0.455 e. The van der Waals surface area contributed by atoms with Gasteiger partial charge in [0, 0.05) is 16.9 Å². The zero-order valence-electron chi connectivity index (χ0n) is 8.77. The van der Waals surface area contributed by atoms with Gasteiger partial charge in [-0.3, -0.25) is 4.98 Å². The lowest BCUT2D eigenvalue weighted by atomic mass is 10.2. The highest BCUT2D eigenvalue weighted by Gasteiger charge is 2.07. The van der Waals surface area contributed by atoms with E-state index in [2.05, 4.69) is 20.9 Å². The molecule has 1 aromatic carbocycles. The molecule has 0 radical (unpaired) electrons. The van der Waals surface area contributed by atoms with E-state index in [0.717, 1.165) is 15.8 Å². The zero-order valence-corrected chi connectivity index (χ0v) is 10.4. The van der Waals surface area contributed by atoms with E-state index >= 15 is 0 Å². The Bertz CT molecular complexity index is 477. The van der Waals surface area contributed by atoms with E-state index in [4.69, 9.17) is 10.5 Å². The van der Waals surface area contributed by atoms with Crippen molar-refractivity contribution in [3.8, 4) is 11.5 Å². The molecular weight excluding hydrogens is 268 g/mol. The molecule has 4 heteroatoms. The third kappa shape index (κ3) is 2.33. The second-order valence-electron chi connectivity index (χ2n) is 3.43. The topological polar surface area (TPSA) is 48.1 Å². The molecule has 0 saturated carbocycles. The highest BCUT2D eigenvalue weighted by molar-refractivity contribution is 9.10. The smallest absolute Gasteiger partial charge is 0.153 e. The predicted molar refractivity (Wildman–Crippen MR) is 67.6 cm³/mol. The van der Waals surface area contributed by atoms with Crippen molar-refractivity contribution in [2.75, 3.05) is 5.73 Å². The number of ether oxygens (including phenoxy) is 1. The van der Waals surface area contributed by atoms with Gasteiger partial charge in [-0.25, -0.2) is 0 Å². The summed E-state index contributed by atoms with van der Waals surface area (Å²) in [7, 11) is 0. The molecule has 0 unspecified atom stereocenters. The molecule has 3 nitrogen and oxygen atoms in total. The first kappa shape index (κ1) is 11.0. The molecule has 0 fully saturated rings. The van der Waals surface area contributed by atoms with Crippen molar-refractivity contribution in [2.24, 2.45) is 0 Å². The number of halogens is 1. The number of pyridine rings is 1. The van der Waals surface area contributed by atoms with E-state index in [1.54, 1.807) is 24.5 Å². The summed E-state index contributed by atoms with van der Waals surface area (Å²) < 4.78 is 6.66. The van der Waals surface area contributed by atoms with Crippen LogP contribution in [0.25, 0.3) is 0 Å². The van der Waals surface area contributed by atoms with Gasteiger partial charge >= 0.3 is 0 Å². The number of aromatic nitrogens is 1. The molecule has 16 heavy (non-hydrogen) atoms. The largest absolute Gasteiger partial charge is 0.455 e. The molecule has 2 aromatic rings. The lowest BCUT2D eigenvalue weighted by molar-refractivity contribution is 0.480. The van der Waals surface area contributed by atoms with Crippen molar-refractivity contribution in [3.63, 3.8) is 0 Å². The van der Waals surface area contributed by atoms with Crippen molar-refractivity contribution in [2.45, 2.75) is 6.92 Å². The summed E-state index contributed by atoms with van der Waals surface area (Å²) in [4.78, 5) is 3.93. The number of hydrogen-bond donors (Lipinski definition) is 1. The van der Waals surface area contributed by atoms with Gasteiger partial charge in [0.05, 0.1) is 5.69 Å². The van der Waals surface area contributed by atoms with Gasteiger partial charge in [-0.05, 0) is 36.8 Å². The Hall–Kier alpha value is -1.55. The number of aryl methyl sites for hydroxylation is 1. The summed E-state index contributed by atoms with van der Waals surface area (Å²) in [6.07, 6.45) is 3.36. The molecule has 82 valence electrons. The molecule has 2 rings (SSSR count). The van der Waals surface area contributed by atoms with Crippen LogP contribution in [0.3, 0.4) is 0 Å². The third-order valence-corrected chi connectivity index (χ3v) is 2.60. The maximum absolute atomic E-state index is 5.90.